The molecule has 0 aromatic heterocycles. The molecule has 0 radical (unpaired) electrons. The Morgan fingerprint density at radius 2 is 2.04 bits per heavy atom. The number of rotatable bonds is 10. The highest BCUT2D eigenvalue weighted by molar-refractivity contribution is 6.02. The van der Waals surface area contributed by atoms with Crippen LogP contribution in [0.3, 0.4) is 0 Å². The Morgan fingerprint density at radius 3 is 2.68 bits per heavy atom. The van der Waals surface area contributed by atoms with Crippen molar-refractivity contribution in [3.05, 3.63) is 59.2 Å². The van der Waals surface area contributed by atoms with Crippen LogP contribution < -0.4 is 0 Å². The zero-order valence-electron chi connectivity index (χ0n) is 17.0. The number of nitrogens with zero attached hydrogens (tertiary/aromatic N) is 4. The molecule has 1 aliphatic carbocycles. The molecule has 0 heterocycles. The summed E-state index contributed by atoms with van der Waals surface area (Å²) < 4.78 is 13.6. The molecule has 0 saturated heterocycles. The molecule has 4 nitrogen and oxygen atoms in total. The lowest BCUT2D eigenvalue weighted by atomic mass is 9.94. The van der Waals surface area contributed by atoms with Crippen LogP contribution in [0.4, 0.5) is 4.39 Å². The molecule has 5 heteroatoms. The van der Waals surface area contributed by atoms with Gasteiger partial charge in [-0.3, -0.25) is 20.0 Å². The molecule has 0 aliphatic heterocycles. The van der Waals surface area contributed by atoms with Gasteiger partial charge in [-0.15, -0.1) is 0 Å². The number of allylic oxidation sites excluding steroid dienone is 2. The lowest BCUT2D eigenvalue weighted by Gasteiger charge is -2.14. The van der Waals surface area contributed by atoms with E-state index in [-0.39, 0.29) is 11.7 Å². The quantitative estimate of drug-likeness (QED) is 0.395. The van der Waals surface area contributed by atoms with Crippen LogP contribution in [0.2, 0.25) is 0 Å². The van der Waals surface area contributed by atoms with Crippen LogP contribution in [0.25, 0.3) is 0 Å². The third-order valence-corrected chi connectivity index (χ3v) is 4.77. The van der Waals surface area contributed by atoms with Gasteiger partial charge in [0.05, 0.1) is 13.1 Å². The van der Waals surface area contributed by atoms with Crippen molar-refractivity contribution in [3.63, 3.8) is 0 Å². The fraction of sp³-hybridized carbons (Fsp3) is 0.391. The van der Waals surface area contributed by atoms with Crippen LogP contribution in [0.5, 0.6) is 0 Å². The summed E-state index contributed by atoms with van der Waals surface area (Å²) in [5, 5.41) is 0. The maximum absolute atomic E-state index is 13.6. The van der Waals surface area contributed by atoms with E-state index in [2.05, 4.69) is 42.3 Å². The van der Waals surface area contributed by atoms with Gasteiger partial charge in [-0.1, -0.05) is 26.0 Å². The SMILES string of the molecule is C=N/C=C\C=N/CC/N=C(\C(=C/N=C)C1CC1c1ccc(F)c(C)c1)C(C)C. The van der Waals surface area contributed by atoms with Crippen molar-refractivity contribution in [2.24, 2.45) is 31.8 Å². The maximum atomic E-state index is 13.6. The number of aryl methyl sites for hydroxylation is 1. The molecule has 2 unspecified atom stereocenters. The topological polar surface area (TPSA) is 49.4 Å². The Morgan fingerprint density at radius 1 is 1.25 bits per heavy atom. The molecule has 148 valence electrons. The highest BCUT2D eigenvalue weighted by Gasteiger charge is 2.42. The molecular formula is C23H29FN4. The van der Waals surface area contributed by atoms with Gasteiger partial charge in [0.15, 0.2) is 0 Å². The summed E-state index contributed by atoms with van der Waals surface area (Å²) in [5.41, 5.74) is 4.05. The monoisotopic (exact) mass is 380 g/mol. The van der Waals surface area contributed by atoms with Gasteiger partial charge in [0.1, 0.15) is 5.82 Å². The summed E-state index contributed by atoms with van der Waals surface area (Å²) in [4.78, 5) is 16.8. The summed E-state index contributed by atoms with van der Waals surface area (Å²) in [7, 11) is 0. The standard InChI is InChI=1S/C23H29FN4/c1-16(2)23(28-12-11-27-10-6-9-25-4)21(15-26-5)20-14-19(20)18-7-8-22(24)17(3)13-18/h6-10,13,15-16,19-20H,4-5,11-12,14H2,1-3H3/b9-6-,21-15-,27-10-,28-23-. The molecule has 0 spiro atoms. The van der Waals surface area contributed by atoms with Crippen LogP contribution in [0, 0.1) is 24.6 Å². The van der Waals surface area contributed by atoms with Crippen molar-refractivity contribution >= 4 is 25.4 Å². The van der Waals surface area contributed by atoms with Gasteiger partial charge in [0.2, 0.25) is 0 Å². The smallest absolute Gasteiger partial charge is 0.126 e. The maximum Gasteiger partial charge on any atom is 0.126 e. The van der Waals surface area contributed by atoms with Crippen molar-refractivity contribution in [1.29, 1.82) is 0 Å². The third-order valence-electron chi connectivity index (χ3n) is 4.77. The molecular weight excluding hydrogens is 351 g/mol. The van der Waals surface area contributed by atoms with Crippen LogP contribution >= 0.6 is 0 Å². The number of hydrogen-bond acceptors (Lipinski definition) is 4. The van der Waals surface area contributed by atoms with Gasteiger partial charge < -0.3 is 0 Å². The average molecular weight is 381 g/mol. The molecule has 28 heavy (non-hydrogen) atoms. The number of hydrogen-bond donors (Lipinski definition) is 0. The molecule has 1 saturated carbocycles. The van der Waals surface area contributed by atoms with E-state index in [1.165, 1.54) is 5.56 Å². The van der Waals surface area contributed by atoms with E-state index >= 15 is 0 Å². The lowest BCUT2D eigenvalue weighted by molar-refractivity contribution is 0.617. The first-order chi connectivity index (χ1) is 13.5. The molecule has 2 rings (SSSR count). The van der Waals surface area contributed by atoms with E-state index < -0.39 is 0 Å². The van der Waals surface area contributed by atoms with E-state index in [0.717, 1.165) is 17.7 Å². The van der Waals surface area contributed by atoms with E-state index in [9.17, 15) is 4.39 Å². The van der Waals surface area contributed by atoms with Gasteiger partial charge in [-0.2, -0.15) is 0 Å². The summed E-state index contributed by atoms with van der Waals surface area (Å²) in [6.45, 7) is 14.3. The fourth-order valence-corrected chi connectivity index (χ4v) is 3.33. The van der Waals surface area contributed by atoms with Crippen molar-refractivity contribution < 1.29 is 4.39 Å². The number of benzene rings is 1. The number of halogens is 1. The van der Waals surface area contributed by atoms with E-state index in [4.69, 9.17) is 4.99 Å². The van der Waals surface area contributed by atoms with Gasteiger partial charge in [0, 0.05) is 24.3 Å². The summed E-state index contributed by atoms with van der Waals surface area (Å²) in [6.07, 6.45) is 7.90. The lowest BCUT2D eigenvalue weighted by Crippen LogP contribution is -2.14. The minimum atomic E-state index is -0.159. The van der Waals surface area contributed by atoms with Crippen LogP contribution in [0.1, 0.15) is 37.3 Å². The summed E-state index contributed by atoms with van der Waals surface area (Å²) in [6, 6.07) is 5.39. The van der Waals surface area contributed by atoms with Crippen molar-refractivity contribution in [1.82, 2.24) is 0 Å². The van der Waals surface area contributed by atoms with Crippen LogP contribution in [-0.4, -0.2) is 38.5 Å². The second kappa shape index (κ2) is 10.6. The van der Waals surface area contributed by atoms with Gasteiger partial charge >= 0.3 is 0 Å². The van der Waals surface area contributed by atoms with Gasteiger partial charge in [-0.05, 0) is 73.4 Å². The first-order valence-electron chi connectivity index (χ1n) is 9.57. The van der Waals surface area contributed by atoms with Crippen molar-refractivity contribution in [2.45, 2.75) is 33.1 Å². The Hall–Kier alpha value is -2.69. The van der Waals surface area contributed by atoms with Gasteiger partial charge in [0.25, 0.3) is 0 Å². The minimum Gasteiger partial charge on any atom is -0.291 e. The van der Waals surface area contributed by atoms with E-state index in [0.29, 0.717) is 30.5 Å². The second-order valence-electron chi connectivity index (χ2n) is 7.23. The molecule has 1 aliphatic rings. The highest BCUT2D eigenvalue weighted by atomic mass is 19.1. The van der Waals surface area contributed by atoms with Crippen molar-refractivity contribution in [2.75, 3.05) is 13.1 Å². The zero-order valence-corrected chi connectivity index (χ0v) is 17.0. The summed E-state index contributed by atoms with van der Waals surface area (Å²) in [5.74, 6) is 0.846. The van der Waals surface area contributed by atoms with E-state index in [1.54, 1.807) is 31.5 Å². The fourth-order valence-electron chi connectivity index (χ4n) is 3.33. The minimum absolute atomic E-state index is 0.159. The number of aliphatic imine (C=N–C) groups is 4. The summed E-state index contributed by atoms with van der Waals surface area (Å²) >= 11 is 0. The van der Waals surface area contributed by atoms with E-state index in [1.807, 2.05) is 18.3 Å². The molecule has 2 atom stereocenters. The molecule has 1 aromatic carbocycles. The zero-order chi connectivity index (χ0) is 20.5. The molecule has 0 N–H and O–H groups in total. The normalized spacial score (nSPS) is 20.3. The Balaban J connectivity index is 2.12. The largest absolute Gasteiger partial charge is 0.291 e. The highest BCUT2D eigenvalue weighted by Crippen LogP contribution is 2.52. The molecule has 1 fully saturated rings. The molecule has 1 aromatic rings. The molecule has 0 bridgehead atoms. The molecule has 0 amide bonds. The third kappa shape index (κ3) is 5.91. The second-order valence-corrected chi connectivity index (χ2v) is 7.23. The first-order valence-corrected chi connectivity index (χ1v) is 9.57. The predicted octanol–water partition coefficient (Wildman–Crippen LogP) is 5.20. The first kappa shape index (κ1) is 21.6. The Labute approximate surface area is 167 Å². The van der Waals surface area contributed by atoms with Crippen LogP contribution in [-0.2, 0) is 0 Å². The average Bonchev–Trinajstić information content (AvgIpc) is 3.45. The van der Waals surface area contributed by atoms with Crippen LogP contribution in [0.15, 0.2) is 62.2 Å². The Kier molecular flexibility index (Phi) is 8.18. The Bertz CT molecular complexity index is 818. The van der Waals surface area contributed by atoms with Gasteiger partial charge in [-0.25, -0.2) is 4.39 Å². The van der Waals surface area contributed by atoms with Crippen molar-refractivity contribution in [3.8, 4) is 0 Å². The predicted molar refractivity (Wildman–Crippen MR) is 119 cm³/mol.